The second-order valence-electron chi connectivity index (χ2n) is 5.51. The molecule has 86 valence electrons. The van der Waals surface area contributed by atoms with E-state index in [0.29, 0.717) is 6.04 Å². The molecule has 0 saturated heterocycles. The van der Waals surface area contributed by atoms with Crippen LogP contribution in [0.1, 0.15) is 52.4 Å². The van der Waals surface area contributed by atoms with Gasteiger partial charge in [0.15, 0.2) is 0 Å². The Morgan fingerprint density at radius 3 is 2.67 bits per heavy atom. The molecule has 0 spiro atoms. The summed E-state index contributed by atoms with van der Waals surface area (Å²) in [6.07, 6.45) is 13.0. The van der Waals surface area contributed by atoms with Crippen LogP contribution in [0.15, 0.2) is 12.2 Å². The molecule has 0 radical (unpaired) electrons. The largest absolute Gasteiger partial charge is 0.307 e. The molecule has 0 bridgehead atoms. The molecule has 1 N–H and O–H groups in total. The van der Waals surface area contributed by atoms with E-state index in [4.69, 9.17) is 0 Å². The first-order valence-electron chi connectivity index (χ1n) is 6.70. The highest BCUT2D eigenvalue weighted by molar-refractivity contribution is 4.99. The van der Waals surface area contributed by atoms with Crippen molar-refractivity contribution in [3.05, 3.63) is 12.2 Å². The van der Waals surface area contributed by atoms with Crippen molar-refractivity contribution in [3.8, 4) is 0 Å². The summed E-state index contributed by atoms with van der Waals surface area (Å²) in [4.78, 5) is 0. The summed E-state index contributed by atoms with van der Waals surface area (Å²) in [5.74, 6) is 1.76. The fourth-order valence-corrected chi connectivity index (χ4v) is 3.04. The minimum Gasteiger partial charge on any atom is -0.307 e. The molecular formula is C14H25N. The molecule has 15 heavy (non-hydrogen) atoms. The Morgan fingerprint density at radius 2 is 1.93 bits per heavy atom. The van der Waals surface area contributed by atoms with E-state index >= 15 is 0 Å². The van der Waals surface area contributed by atoms with E-state index in [9.17, 15) is 0 Å². The van der Waals surface area contributed by atoms with Crippen LogP contribution in [0, 0.1) is 11.8 Å². The van der Waals surface area contributed by atoms with E-state index in [1.54, 1.807) is 0 Å². The molecule has 2 rings (SSSR count). The summed E-state index contributed by atoms with van der Waals surface area (Å²) in [5, 5.41) is 3.85. The Bertz CT molecular complexity index is 221. The van der Waals surface area contributed by atoms with Gasteiger partial charge in [-0.25, -0.2) is 0 Å². The monoisotopic (exact) mass is 207 g/mol. The summed E-state index contributed by atoms with van der Waals surface area (Å²) in [6.45, 7) is 4.84. The molecule has 0 aromatic heterocycles. The lowest BCUT2D eigenvalue weighted by molar-refractivity contribution is 0.197. The van der Waals surface area contributed by atoms with E-state index < -0.39 is 0 Å². The van der Waals surface area contributed by atoms with Crippen molar-refractivity contribution < 1.29 is 0 Å². The molecule has 4 unspecified atom stereocenters. The third-order valence-electron chi connectivity index (χ3n) is 4.39. The molecule has 0 aromatic carbocycles. The fourth-order valence-electron chi connectivity index (χ4n) is 3.04. The van der Waals surface area contributed by atoms with Crippen molar-refractivity contribution in [1.82, 2.24) is 5.32 Å². The lowest BCUT2D eigenvalue weighted by Gasteiger charge is -2.37. The van der Waals surface area contributed by atoms with Crippen LogP contribution >= 0.6 is 0 Å². The van der Waals surface area contributed by atoms with Gasteiger partial charge in [-0.05, 0) is 37.5 Å². The zero-order chi connectivity index (χ0) is 10.7. The molecule has 0 amide bonds. The predicted molar refractivity (Wildman–Crippen MR) is 65.9 cm³/mol. The van der Waals surface area contributed by atoms with Gasteiger partial charge in [0.1, 0.15) is 0 Å². The fraction of sp³-hybridized carbons (Fsp3) is 0.857. The van der Waals surface area contributed by atoms with Crippen molar-refractivity contribution >= 4 is 0 Å². The zero-order valence-corrected chi connectivity index (χ0v) is 10.2. The lowest BCUT2D eigenvalue weighted by atomic mass is 9.77. The molecule has 1 fully saturated rings. The summed E-state index contributed by atoms with van der Waals surface area (Å²) in [5.41, 5.74) is 0. The maximum absolute atomic E-state index is 3.85. The topological polar surface area (TPSA) is 12.0 Å². The smallest absolute Gasteiger partial charge is 0.0252 e. The van der Waals surface area contributed by atoms with E-state index in [1.807, 2.05) is 0 Å². The van der Waals surface area contributed by atoms with Crippen LogP contribution in [0.3, 0.4) is 0 Å². The van der Waals surface area contributed by atoms with Gasteiger partial charge < -0.3 is 5.32 Å². The Morgan fingerprint density at radius 1 is 1.07 bits per heavy atom. The standard InChI is InChI=1S/C14H25N/c1-11-7-6-10-14(12(11)2)15-13-8-4-3-5-9-13/h4,8,11-15H,3,5-7,9-10H2,1-2H3. The maximum Gasteiger partial charge on any atom is 0.0252 e. The summed E-state index contributed by atoms with van der Waals surface area (Å²) in [7, 11) is 0. The van der Waals surface area contributed by atoms with Gasteiger partial charge >= 0.3 is 0 Å². The molecule has 2 aliphatic carbocycles. The number of allylic oxidation sites excluding steroid dienone is 1. The summed E-state index contributed by atoms with van der Waals surface area (Å²) < 4.78 is 0. The molecule has 1 heteroatoms. The minimum absolute atomic E-state index is 0.663. The van der Waals surface area contributed by atoms with Crippen molar-refractivity contribution in [2.24, 2.45) is 11.8 Å². The average Bonchev–Trinajstić information content (AvgIpc) is 2.26. The number of hydrogen-bond donors (Lipinski definition) is 1. The van der Waals surface area contributed by atoms with Crippen LogP contribution in [0.5, 0.6) is 0 Å². The molecule has 1 saturated carbocycles. The SMILES string of the molecule is CC1CCCC(NC2C=CCCC2)C1C. The average molecular weight is 207 g/mol. The highest BCUT2D eigenvalue weighted by Gasteiger charge is 2.28. The lowest BCUT2D eigenvalue weighted by Crippen LogP contribution is -2.45. The second kappa shape index (κ2) is 5.16. The highest BCUT2D eigenvalue weighted by atomic mass is 15.0. The quantitative estimate of drug-likeness (QED) is 0.683. The summed E-state index contributed by atoms with van der Waals surface area (Å²) in [6, 6.07) is 1.43. The van der Waals surface area contributed by atoms with E-state index in [0.717, 1.165) is 17.9 Å². The van der Waals surface area contributed by atoms with Crippen LogP contribution < -0.4 is 5.32 Å². The van der Waals surface area contributed by atoms with Crippen LogP contribution in [0.4, 0.5) is 0 Å². The highest BCUT2D eigenvalue weighted by Crippen LogP contribution is 2.30. The van der Waals surface area contributed by atoms with Crippen molar-refractivity contribution in [2.75, 3.05) is 0 Å². The number of hydrogen-bond acceptors (Lipinski definition) is 1. The van der Waals surface area contributed by atoms with Crippen LogP contribution in [-0.2, 0) is 0 Å². The van der Waals surface area contributed by atoms with Crippen LogP contribution in [0.2, 0.25) is 0 Å². The first-order chi connectivity index (χ1) is 7.27. The minimum atomic E-state index is 0.663. The molecule has 4 atom stereocenters. The Labute approximate surface area is 94.3 Å². The van der Waals surface area contributed by atoms with Crippen molar-refractivity contribution in [3.63, 3.8) is 0 Å². The number of nitrogens with one attached hydrogen (secondary N) is 1. The third kappa shape index (κ3) is 2.84. The molecule has 0 aliphatic heterocycles. The van der Waals surface area contributed by atoms with E-state index in [-0.39, 0.29) is 0 Å². The van der Waals surface area contributed by atoms with E-state index in [1.165, 1.54) is 38.5 Å². The van der Waals surface area contributed by atoms with Gasteiger partial charge in [-0.2, -0.15) is 0 Å². The van der Waals surface area contributed by atoms with Gasteiger partial charge in [-0.1, -0.05) is 38.8 Å². The van der Waals surface area contributed by atoms with Crippen LogP contribution in [-0.4, -0.2) is 12.1 Å². The molecule has 2 aliphatic rings. The second-order valence-corrected chi connectivity index (χ2v) is 5.51. The van der Waals surface area contributed by atoms with Gasteiger partial charge in [-0.3, -0.25) is 0 Å². The van der Waals surface area contributed by atoms with Gasteiger partial charge in [0.25, 0.3) is 0 Å². The van der Waals surface area contributed by atoms with Gasteiger partial charge in [0.05, 0.1) is 0 Å². The Kier molecular flexibility index (Phi) is 3.85. The first-order valence-corrected chi connectivity index (χ1v) is 6.70. The normalized spacial score (nSPS) is 41.7. The first kappa shape index (κ1) is 11.2. The molecular weight excluding hydrogens is 182 g/mol. The predicted octanol–water partition coefficient (Wildman–Crippen LogP) is 3.51. The van der Waals surface area contributed by atoms with E-state index in [2.05, 4.69) is 31.3 Å². The summed E-state index contributed by atoms with van der Waals surface area (Å²) >= 11 is 0. The zero-order valence-electron chi connectivity index (χ0n) is 10.2. The molecule has 1 nitrogen and oxygen atoms in total. The molecule has 0 aromatic rings. The maximum atomic E-state index is 3.85. The van der Waals surface area contributed by atoms with Crippen molar-refractivity contribution in [2.45, 2.75) is 64.5 Å². The number of rotatable bonds is 2. The molecule has 0 heterocycles. The van der Waals surface area contributed by atoms with Gasteiger partial charge in [0.2, 0.25) is 0 Å². The Hall–Kier alpha value is -0.300. The van der Waals surface area contributed by atoms with Gasteiger partial charge in [0, 0.05) is 12.1 Å². The van der Waals surface area contributed by atoms with Crippen LogP contribution in [0.25, 0.3) is 0 Å². The van der Waals surface area contributed by atoms with Crippen molar-refractivity contribution in [1.29, 1.82) is 0 Å². The Balaban J connectivity index is 1.87. The van der Waals surface area contributed by atoms with Gasteiger partial charge in [-0.15, -0.1) is 0 Å². The third-order valence-corrected chi connectivity index (χ3v) is 4.39.